The number of nitrogen functional groups attached to an aromatic ring is 1. The number of anilines is 1. The smallest absolute Gasteiger partial charge is 0.133 e. The number of hydrogen-bond acceptors (Lipinski definition) is 3. The molecule has 0 amide bonds. The Morgan fingerprint density at radius 1 is 1.91 bits per heavy atom. The summed E-state index contributed by atoms with van der Waals surface area (Å²) >= 11 is 0. The molecule has 0 aromatic carbocycles. The summed E-state index contributed by atoms with van der Waals surface area (Å²) in [6.07, 6.45) is 7.27. The molecular formula is C7H9N3O. The lowest BCUT2D eigenvalue weighted by Gasteiger charge is -2.01. The predicted octanol–water partition coefficient (Wildman–Crippen LogP) is -0.541. The number of aromatic nitrogens is 2. The molecule has 3 N–H and O–H groups in total. The van der Waals surface area contributed by atoms with Crippen LogP contribution in [0.15, 0.2) is 12.4 Å². The maximum absolute atomic E-state index is 8.98. The second-order valence-corrected chi connectivity index (χ2v) is 2.18. The molecule has 1 heterocycles. The largest absolute Gasteiger partial charge is 0.396 e. The number of nitrogens with two attached hydrogens (primary N) is 1. The number of nitrogens with zero attached hydrogens (tertiary/aromatic N) is 2. The fourth-order valence-electron chi connectivity index (χ4n) is 0.709. The number of aliphatic hydroxyl groups excluding tert-OH is 1. The number of hydrogen-bond donors (Lipinski definition) is 2. The molecule has 11 heavy (non-hydrogen) atoms. The third-order valence-corrected chi connectivity index (χ3v) is 1.21. The van der Waals surface area contributed by atoms with Crippen LogP contribution in [-0.4, -0.2) is 21.0 Å². The number of terminal acetylenes is 1. The fraction of sp³-hybridized carbons (Fsp3) is 0.286. The van der Waals surface area contributed by atoms with Crippen LogP contribution in [0.25, 0.3) is 0 Å². The van der Waals surface area contributed by atoms with E-state index in [-0.39, 0.29) is 6.54 Å². The Morgan fingerprint density at radius 2 is 2.64 bits per heavy atom. The summed E-state index contributed by atoms with van der Waals surface area (Å²) in [5.41, 5.74) is 5.94. The van der Waals surface area contributed by atoms with E-state index >= 15 is 0 Å². The summed E-state index contributed by atoms with van der Waals surface area (Å²) < 4.78 is 1.50. The van der Waals surface area contributed by atoms with Crippen LogP contribution < -0.4 is 5.73 Å². The van der Waals surface area contributed by atoms with Gasteiger partial charge in [0.1, 0.15) is 6.10 Å². The molecule has 0 bridgehead atoms. The molecule has 4 heteroatoms. The highest BCUT2D eigenvalue weighted by Gasteiger charge is 2.00. The minimum atomic E-state index is -0.797. The van der Waals surface area contributed by atoms with Gasteiger partial charge in [-0.25, -0.2) is 0 Å². The highest BCUT2D eigenvalue weighted by Crippen LogP contribution is 1.98. The summed E-state index contributed by atoms with van der Waals surface area (Å²) in [5.74, 6) is 2.18. The second kappa shape index (κ2) is 3.08. The Balaban J connectivity index is 2.59. The topological polar surface area (TPSA) is 64.1 Å². The van der Waals surface area contributed by atoms with Crippen LogP contribution in [0.5, 0.6) is 0 Å². The Bertz CT molecular complexity index is 273. The zero-order chi connectivity index (χ0) is 8.27. The van der Waals surface area contributed by atoms with Crippen LogP contribution in [-0.2, 0) is 6.54 Å². The molecule has 0 saturated heterocycles. The van der Waals surface area contributed by atoms with Crippen molar-refractivity contribution >= 4 is 5.69 Å². The second-order valence-electron chi connectivity index (χ2n) is 2.18. The summed E-state index contributed by atoms with van der Waals surface area (Å²) in [7, 11) is 0. The van der Waals surface area contributed by atoms with E-state index in [1.807, 2.05) is 0 Å². The molecule has 4 nitrogen and oxygen atoms in total. The first kappa shape index (κ1) is 7.63. The SMILES string of the molecule is C#CC(O)Cn1cc(N)cn1. The van der Waals surface area contributed by atoms with Crippen LogP contribution in [0.4, 0.5) is 5.69 Å². The maximum Gasteiger partial charge on any atom is 0.133 e. The fourth-order valence-corrected chi connectivity index (χ4v) is 0.709. The third kappa shape index (κ3) is 1.99. The molecule has 1 aromatic heterocycles. The van der Waals surface area contributed by atoms with E-state index in [1.165, 1.54) is 10.9 Å². The van der Waals surface area contributed by atoms with Gasteiger partial charge in [0.15, 0.2) is 0 Å². The predicted molar refractivity (Wildman–Crippen MR) is 41.5 cm³/mol. The molecule has 0 aliphatic heterocycles. The summed E-state index contributed by atoms with van der Waals surface area (Å²) in [6, 6.07) is 0. The van der Waals surface area contributed by atoms with Gasteiger partial charge in [-0.1, -0.05) is 5.92 Å². The van der Waals surface area contributed by atoms with Crippen LogP contribution in [0.3, 0.4) is 0 Å². The van der Waals surface area contributed by atoms with Crippen molar-refractivity contribution in [3.8, 4) is 12.3 Å². The molecule has 1 aromatic rings. The van der Waals surface area contributed by atoms with Gasteiger partial charge in [0.05, 0.1) is 18.4 Å². The van der Waals surface area contributed by atoms with Crippen molar-refractivity contribution < 1.29 is 5.11 Å². The van der Waals surface area contributed by atoms with Crippen molar-refractivity contribution in [1.29, 1.82) is 0 Å². The number of aliphatic hydroxyl groups is 1. The molecule has 0 saturated carbocycles. The monoisotopic (exact) mass is 151 g/mol. The molecule has 0 aliphatic carbocycles. The van der Waals surface area contributed by atoms with Crippen LogP contribution >= 0.6 is 0 Å². The average molecular weight is 151 g/mol. The van der Waals surface area contributed by atoms with Gasteiger partial charge in [-0.3, -0.25) is 4.68 Å². The van der Waals surface area contributed by atoms with Gasteiger partial charge in [0.25, 0.3) is 0 Å². The van der Waals surface area contributed by atoms with E-state index in [4.69, 9.17) is 17.3 Å². The normalized spacial score (nSPS) is 12.4. The van der Waals surface area contributed by atoms with Crippen molar-refractivity contribution in [1.82, 2.24) is 9.78 Å². The van der Waals surface area contributed by atoms with Crippen LogP contribution in [0.1, 0.15) is 0 Å². The third-order valence-electron chi connectivity index (χ3n) is 1.21. The van der Waals surface area contributed by atoms with Gasteiger partial charge in [-0.05, 0) is 0 Å². The highest BCUT2D eigenvalue weighted by atomic mass is 16.3. The van der Waals surface area contributed by atoms with Crippen molar-refractivity contribution in [2.45, 2.75) is 12.6 Å². The Hall–Kier alpha value is -1.47. The molecular weight excluding hydrogens is 142 g/mol. The first-order valence-electron chi connectivity index (χ1n) is 3.14. The minimum Gasteiger partial charge on any atom is -0.396 e. The van der Waals surface area contributed by atoms with Crippen LogP contribution in [0, 0.1) is 12.3 Å². The zero-order valence-electron chi connectivity index (χ0n) is 5.94. The van der Waals surface area contributed by atoms with E-state index in [1.54, 1.807) is 6.20 Å². The lowest BCUT2D eigenvalue weighted by molar-refractivity contribution is 0.205. The number of rotatable bonds is 2. The van der Waals surface area contributed by atoms with Crippen molar-refractivity contribution in [2.24, 2.45) is 0 Å². The molecule has 0 aliphatic rings. The average Bonchev–Trinajstić information content (AvgIpc) is 2.35. The Morgan fingerprint density at radius 3 is 3.09 bits per heavy atom. The summed E-state index contributed by atoms with van der Waals surface area (Å²) in [4.78, 5) is 0. The lowest BCUT2D eigenvalue weighted by Crippen LogP contribution is -2.13. The first-order valence-corrected chi connectivity index (χ1v) is 3.14. The molecule has 1 unspecified atom stereocenters. The molecule has 58 valence electrons. The van der Waals surface area contributed by atoms with Gasteiger partial charge in [0.2, 0.25) is 0 Å². The molecule has 1 atom stereocenters. The maximum atomic E-state index is 8.98. The zero-order valence-corrected chi connectivity index (χ0v) is 5.94. The Kier molecular flexibility index (Phi) is 2.14. The Labute approximate surface area is 64.6 Å². The van der Waals surface area contributed by atoms with E-state index in [0.717, 1.165) is 0 Å². The van der Waals surface area contributed by atoms with Crippen molar-refractivity contribution in [3.05, 3.63) is 12.4 Å². The molecule has 1 rings (SSSR count). The first-order chi connectivity index (χ1) is 5.22. The van der Waals surface area contributed by atoms with Crippen molar-refractivity contribution in [3.63, 3.8) is 0 Å². The van der Waals surface area contributed by atoms with E-state index in [0.29, 0.717) is 5.69 Å². The summed E-state index contributed by atoms with van der Waals surface area (Å²) in [5, 5.41) is 12.8. The highest BCUT2D eigenvalue weighted by molar-refractivity contribution is 5.30. The van der Waals surface area contributed by atoms with E-state index in [9.17, 15) is 0 Å². The van der Waals surface area contributed by atoms with Gasteiger partial charge < -0.3 is 10.8 Å². The van der Waals surface area contributed by atoms with Crippen LogP contribution in [0.2, 0.25) is 0 Å². The van der Waals surface area contributed by atoms with Gasteiger partial charge in [-0.15, -0.1) is 6.42 Å². The summed E-state index contributed by atoms with van der Waals surface area (Å²) in [6.45, 7) is 0.285. The minimum absolute atomic E-state index is 0.285. The van der Waals surface area contributed by atoms with Gasteiger partial charge in [-0.2, -0.15) is 5.10 Å². The van der Waals surface area contributed by atoms with E-state index in [2.05, 4.69) is 11.0 Å². The van der Waals surface area contributed by atoms with Gasteiger partial charge in [0, 0.05) is 6.20 Å². The lowest BCUT2D eigenvalue weighted by atomic mass is 10.4. The van der Waals surface area contributed by atoms with Crippen molar-refractivity contribution in [2.75, 3.05) is 5.73 Å². The molecule has 0 spiro atoms. The molecule has 0 fully saturated rings. The molecule has 0 radical (unpaired) electrons. The van der Waals surface area contributed by atoms with Gasteiger partial charge >= 0.3 is 0 Å². The quantitative estimate of drug-likeness (QED) is 0.558. The van der Waals surface area contributed by atoms with E-state index < -0.39 is 6.10 Å². The standard InChI is InChI=1S/C7H9N3O/c1-2-7(11)5-10-4-6(8)3-9-10/h1,3-4,7,11H,5,8H2.